The molecule has 0 aliphatic carbocycles. The minimum Gasteiger partial charge on any atom is -0.370 e. The highest BCUT2D eigenvalue weighted by Crippen LogP contribution is 2.28. The molecule has 0 bridgehead atoms. The molecular weight excluding hydrogens is 218 g/mol. The Kier molecular flexibility index (Phi) is 3.39. The third-order valence-electron chi connectivity index (χ3n) is 2.38. The van der Waals surface area contributed by atoms with Gasteiger partial charge in [0.1, 0.15) is 16.5 Å². The molecule has 0 unspecified atom stereocenters. The fraction of sp³-hybridized carbons (Fsp3) is 0.500. The van der Waals surface area contributed by atoms with Gasteiger partial charge in [-0.05, 0) is 26.3 Å². The van der Waals surface area contributed by atoms with Gasteiger partial charge in [0.15, 0.2) is 0 Å². The maximum Gasteiger partial charge on any atom is 0.138 e. The van der Waals surface area contributed by atoms with Crippen molar-refractivity contribution >= 4 is 27.4 Å². The fourth-order valence-corrected chi connectivity index (χ4v) is 2.62. The van der Waals surface area contributed by atoms with E-state index in [-0.39, 0.29) is 0 Å². The molecule has 2 aromatic rings. The highest BCUT2D eigenvalue weighted by atomic mass is 32.1. The number of aryl methyl sites for hydroxylation is 2. The Bertz CT molecular complexity index is 490. The highest BCUT2D eigenvalue weighted by molar-refractivity contribution is 7.18. The Morgan fingerprint density at radius 2 is 2.12 bits per heavy atom. The summed E-state index contributed by atoms with van der Waals surface area (Å²) in [5.41, 5.74) is 0. The van der Waals surface area contributed by atoms with Crippen molar-refractivity contribution in [3.05, 3.63) is 16.8 Å². The molecule has 86 valence electrons. The second kappa shape index (κ2) is 4.78. The lowest BCUT2D eigenvalue weighted by Crippen LogP contribution is -2.03. The molecule has 3 nitrogen and oxygen atoms in total. The fourth-order valence-electron chi connectivity index (χ4n) is 1.72. The maximum absolute atomic E-state index is 4.60. The van der Waals surface area contributed by atoms with E-state index in [1.54, 1.807) is 11.3 Å². The second-order valence-electron chi connectivity index (χ2n) is 3.84. The number of hydrogen-bond donors (Lipinski definition) is 1. The molecule has 0 spiro atoms. The zero-order chi connectivity index (χ0) is 11.5. The zero-order valence-corrected chi connectivity index (χ0v) is 10.8. The molecule has 0 fully saturated rings. The van der Waals surface area contributed by atoms with E-state index in [0.717, 1.165) is 41.2 Å². The molecule has 0 amide bonds. The topological polar surface area (TPSA) is 37.8 Å². The minimum absolute atomic E-state index is 0.895. The highest BCUT2D eigenvalue weighted by Gasteiger charge is 2.09. The average molecular weight is 235 g/mol. The largest absolute Gasteiger partial charge is 0.370 e. The average Bonchev–Trinajstić information content (AvgIpc) is 2.60. The standard InChI is InChI=1S/C12H17N3S/c1-4-6-10-14-11(13-5-2)9-7-8(3)16-12(9)15-10/h7H,4-6H2,1-3H3,(H,13,14,15). The van der Waals surface area contributed by atoms with E-state index >= 15 is 0 Å². The Labute approximate surface area is 99.9 Å². The van der Waals surface area contributed by atoms with Crippen molar-refractivity contribution in [3.8, 4) is 0 Å². The zero-order valence-electron chi connectivity index (χ0n) is 10.0. The molecular formula is C12H17N3S. The first-order valence-corrected chi connectivity index (χ1v) is 6.57. The van der Waals surface area contributed by atoms with Crippen LogP contribution in [0.5, 0.6) is 0 Å². The lowest BCUT2D eigenvalue weighted by Gasteiger charge is -2.05. The Morgan fingerprint density at radius 1 is 1.31 bits per heavy atom. The normalized spacial score (nSPS) is 10.9. The Hall–Kier alpha value is -1.16. The molecule has 16 heavy (non-hydrogen) atoms. The van der Waals surface area contributed by atoms with Crippen molar-refractivity contribution in [2.45, 2.75) is 33.6 Å². The van der Waals surface area contributed by atoms with Crippen LogP contribution in [0.2, 0.25) is 0 Å². The number of fused-ring (bicyclic) bond motifs is 1. The van der Waals surface area contributed by atoms with Crippen LogP contribution < -0.4 is 5.32 Å². The summed E-state index contributed by atoms with van der Waals surface area (Å²) in [4.78, 5) is 11.6. The van der Waals surface area contributed by atoms with Crippen LogP contribution in [0.3, 0.4) is 0 Å². The third kappa shape index (κ3) is 2.16. The van der Waals surface area contributed by atoms with Crippen molar-refractivity contribution < 1.29 is 0 Å². The van der Waals surface area contributed by atoms with Gasteiger partial charge in [0.05, 0.1) is 5.39 Å². The molecule has 0 aliphatic heterocycles. The van der Waals surface area contributed by atoms with Crippen LogP contribution in [0.25, 0.3) is 10.2 Å². The molecule has 0 saturated carbocycles. The van der Waals surface area contributed by atoms with Gasteiger partial charge in [0.2, 0.25) is 0 Å². The van der Waals surface area contributed by atoms with Crippen LogP contribution >= 0.6 is 11.3 Å². The summed E-state index contributed by atoms with van der Waals surface area (Å²) in [5, 5.41) is 4.47. The Morgan fingerprint density at radius 3 is 2.81 bits per heavy atom. The van der Waals surface area contributed by atoms with Gasteiger partial charge in [0.25, 0.3) is 0 Å². The predicted molar refractivity (Wildman–Crippen MR) is 70.3 cm³/mol. The van der Waals surface area contributed by atoms with E-state index in [4.69, 9.17) is 0 Å². The minimum atomic E-state index is 0.895. The summed E-state index contributed by atoms with van der Waals surface area (Å²) in [6.45, 7) is 7.25. The maximum atomic E-state index is 4.60. The van der Waals surface area contributed by atoms with Crippen LogP contribution in [-0.2, 0) is 6.42 Å². The monoisotopic (exact) mass is 235 g/mol. The number of rotatable bonds is 4. The number of aromatic nitrogens is 2. The molecule has 0 radical (unpaired) electrons. The van der Waals surface area contributed by atoms with Crippen LogP contribution in [0.1, 0.15) is 31.0 Å². The van der Waals surface area contributed by atoms with Crippen molar-refractivity contribution in [1.82, 2.24) is 9.97 Å². The van der Waals surface area contributed by atoms with Crippen LogP contribution in [0.4, 0.5) is 5.82 Å². The first kappa shape index (κ1) is 11.3. The summed E-state index contributed by atoms with van der Waals surface area (Å²) in [6, 6.07) is 2.16. The van der Waals surface area contributed by atoms with Crippen molar-refractivity contribution in [3.63, 3.8) is 0 Å². The summed E-state index contributed by atoms with van der Waals surface area (Å²) in [7, 11) is 0. The van der Waals surface area contributed by atoms with Gasteiger partial charge in [-0.25, -0.2) is 9.97 Å². The van der Waals surface area contributed by atoms with Gasteiger partial charge in [-0.1, -0.05) is 6.92 Å². The smallest absolute Gasteiger partial charge is 0.138 e. The lowest BCUT2D eigenvalue weighted by atomic mass is 10.3. The van der Waals surface area contributed by atoms with Gasteiger partial charge in [-0.2, -0.15) is 0 Å². The predicted octanol–water partition coefficient (Wildman–Crippen LogP) is 3.38. The van der Waals surface area contributed by atoms with Gasteiger partial charge in [0, 0.05) is 17.8 Å². The van der Waals surface area contributed by atoms with Crippen LogP contribution in [0, 0.1) is 6.92 Å². The molecule has 0 saturated heterocycles. The number of thiophene rings is 1. The van der Waals surface area contributed by atoms with E-state index in [1.165, 1.54) is 4.88 Å². The molecule has 2 aromatic heterocycles. The Balaban J connectivity index is 2.53. The second-order valence-corrected chi connectivity index (χ2v) is 5.08. The lowest BCUT2D eigenvalue weighted by molar-refractivity contribution is 0.846. The van der Waals surface area contributed by atoms with Gasteiger partial charge < -0.3 is 5.32 Å². The van der Waals surface area contributed by atoms with Crippen LogP contribution in [0.15, 0.2) is 6.07 Å². The summed E-state index contributed by atoms with van der Waals surface area (Å²) in [6.07, 6.45) is 2.03. The summed E-state index contributed by atoms with van der Waals surface area (Å²) < 4.78 is 0. The number of nitrogens with zero attached hydrogens (tertiary/aromatic N) is 2. The van der Waals surface area contributed by atoms with E-state index < -0.39 is 0 Å². The van der Waals surface area contributed by atoms with Gasteiger partial charge in [-0.3, -0.25) is 0 Å². The van der Waals surface area contributed by atoms with Crippen LogP contribution in [-0.4, -0.2) is 16.5 Å². The summed E-state index contributed by atoms with van der Waals surface area (Å²) >= 11 is 1.74. The summed E-state index contributed by atoms with van der Waals surface area (Å²) in [5.74, 6) is 1.94. The molecule has 2 heterocycles. The van der Waals surface area contributed by atoms with Crippen molar-refractivity contribution in [2.75, 3.05) is 11.9 Å². The van der Waals surface area contributed by atoms with Crippen molar-refractivity contribution in [1.29, 1.82) is 0 Å². The molecule has 1 N–H and O–H groups in total. The number of nitrogens with one attached hydrogen (secondary N) is 1. The SMILES string of the molecule is CCCc1nc(NCC)c2cc(C)sc2n1. The molecule has 2 rings (SSSR count). The first-order chi connectivity index (χ1) is 7.74. The molecule has 0 aliphatic rings. The van der Waals surface area contributed by atoms with E-state index in [1.807, 2.05) is 0 Å². The quantitative estimate of drug-likeness (QED) is 0.882. The van der Waals surface area contributed by atoms with Crippen molar-refractivity contribution in [2.24, 2.45) is 0 Å². The molecule has 0 atom stereocenters. The van der Waals surface area contributed by atoms with Gasteiger partial charge >= 0.3 is 0 Å². The van der Waals surface area contributed by atoms with E-state index in [0.29, 0.717) is 0 Å². The number of anilines is 1. The molecule has 4 heteroatoms. The first-order valence-electron chi connectivity index (χ1n) is 5.75. The van der Waals surface area contributed by atoms with E-state index in [9.17, 15) is 0 Å². The number of hydrogen-bond acceptors (Lipinski definition) is 4. The van der Waals surface area contributed by atoms with Gasteiger partial charge in [-0.15, -0.1) is 11.3 Å². The van der Waals surface area contributed by atoms with E-state index in [2.05, 4.69) is 42.1 Å². The third-order valence-corrected chi connectivity index (χ3v) is 3.32. The molecule has 0 aromatic carbocycles.